The number of nitrogens with zero attached hydrogens (tertiary/aromatic N) is 10. The van der Waals surface area contributed by atoms with Crippen LogP contribution >= 0.6 is 0 Å². The maximum absolute atomic E-state index is 7.34. The highest BCUT2D eigenvalue weighted by atomic mass is 16.5. The maximum Gasteiger partial charge on any atom is 0.152 e. The first-order valence-corrected chi connectivity index (χ1v) is 32.0. The first kappa shape index (κ1) is 56.0. The normalized spacial score (nSPS) is 12.7. The lowest BCUT2D eigenvalue weighted by molar-refractivity contribution is 0.484. The Morgan fingerprint density at radius 2 is 0.660 bits per heavy atom. The van der Waals surface area contributed by atoms with Crippen LogP contribution in [-0.4, -0.2) is 41.2 Å². The Balaban J connectivity index is 0.796. The summed E-state index contributed by atoms with van der Waals surface area (Å²) in [7, 11) is 0. The quantitative estimate of drug-likeness (QED) is 0.118. The van der Waals surface area contributed by atoms with Crippen LogP contribution in [0.15, 0.2) is 267 Å². The standard InChI is InChI=1S/C82H64N10O2/c1-51(2)87-67-23-11-15-27-71(67)89(72-28-16-12-24-68(72)87)75-37-31-55(45-79(75)93-57-33-35-61-59-19-7-9-21-65(59)91(77(61)47-57)81-43-53(5)39-41-83-81)63-49-86-64(50-85-63)56-32-38-76(90-73-29-17-13-25-69(73)88(52(3)4)70-26-14-18-30-74(70)90)80(46-56)94-58-34-36-62-60-20-8-10-22-66(60)92(78(62)48-58)82-44-54(6)40-42-84-82/h7-52H,1-6H3. The fourth-order valence-electron chi connectivity index (χ4n) is 14.1. The highest BCUT2D eigenvalue weighted by Gasteiger charge is 2.35. The van der Waals surface area contributed by atoms with Gasteiger partial charge in [0.05, 0.1) is 103 Å². The lowest BCUT2D eigenvalue weighted by Crippen LogP contribution is -2.32. The second-order valence-corrected chi connectivity index (χ2v) is 24.9. The summed E-state index contributed by atoms with van der Waals surface area (Å²) in [5, 5.41) is 4.49. The van der Waals surface area contributed by atoms with Gasteiger partial charge < -0.3 is 29.1 Å². The zero-order valence-corrected chi connectivity index (χ0v) is 52.8. The molecule has 17 rings (SSSR count). The van der Waals surface area contributed by atoms with E-state index < -0.39 is 0 Å². The van der Waals surface area contributed by atoms with Gasteiger partial charge in [0, 0.05) is 69.3 Å². The number of aromatic nitrogens is 6. The van der Waals surface area contributed by atoms with Gasteiger partial charge in [-0.25, -0.2) is 9.97 Å². The van der Waals surface area contributed by atoms with Crippen molar-refractivity contribution in [2.45, 2.75) is 53.6 Å². The van der Waals surface area contributed by atoms with Crippen molar-refractivity contribution >= 4 is 100 Å². The molecule has 94 heavy (non-hydrogen) atoms. The van der Waals surface area contributed by atoms with Crippen molar-refractivity contribution in [2.24, 2.45) is 0 Å². The Bertz CT molecular complexity index is 5060. The van der Waals surface area contributed by atoms with Crippen molar-refractivity contribution in [3.63, 3.8) is 0 Å². The Labute approximate surface area is 545 Å². The highest BCUT2D eigenvalue weighted by Crippen LogP contribution is 2.57. The molecule has 7 heterocycles. The van der Waals surface area contributed by atoms with Crippen LogP contribution < -0.4 is 29.1 Å². The molecule has 2 aliphatic heterocycles. The van der Waals surface area contributed by atoms with Crippen molar-refractivity contribution in [1.29, 1.82) is 0 Å². The Morgan fingerprint density at radius 3 is 1.02 bits per heavy atom. The van der Waals surface area contributed by atoms with Crippen LogP contribution in [-0.2, 0) is 0 Å². The number of aryl methyl sites for hydroxylation is 2. The van der Waals surface area contributed by atoms with Gasteiger partial charge in [0.25, 0.3) is 0 Å². The summed E-state index contributed by atoms with van der Waals surface area (Å²) in [6.07, 6.45) is 7.46. The van der Waals surface area contributed by atoms with E-state index in [0.717, 1.165) is 134 Å². The van der Waals surface area contributed by atoms with Gasteiger partial charge in [0.15, 0.2) is 11.5 Å². The molecule has 0 unspecified atom stereocenters. The second-order valence-electron chi connectivity index (χ2n) is 24.9. The number of benzene rings is 10. The predicted octanol–water partition coefficient (Wildman–Crippen LogP) is 21.7. The molecule has 2 aliphatic rings. The molecule has 0 bridgehead atoms. The molecule has 5 aromatic heterocycles. The van der Waals surface area contributed by atoms with E-state index in [4.69, 9.17) is 29.4 Å². The molecule has 0 aliphatic carbocycles. The number of ether oxygens (including phenoxy) is 2. The lowest BCUT2D eigenvalue weighted by atomic mass is 10.0. The predicted molar refractivity (Wildman–Crippen MR) is 384 cm³/mol. The first-order valence-electron chi connectivity index (χ1n) is 32.0. The number of anilines is 10. The summed E-state index contributed by atoms with van der Waals surface area (Å²) in [5.74, 6) is 4.32. The minimum absolute atomic E-state index is 0.195. The van der Waals surface area contributed by atoms with Gasteiger partial charge in [-0.05, 0) is 186 Å². The molecule has 0 radical (unpaired) electrons. The summed E-state index contributed by atoms with van der Waals surface area (Å²) in [4.78, 5) is 29.7. The van der Waals surface area contributed by atoms with Crippen molar-refractivity contribution in [3.05, 3.63) is 279 Å². The molecule has 12 nitrogen and oxygen atoms in total. The summed E-state index contributed by atoms with van der Waals surface area (Å²) >= 11 is 0. The van der Waals surface area contributed by atoms with Crippen molar-refractivity contribution in [1.82, 2.24) is 29.1 Å². The van der Waals surface area contributed by atoms with Gasteiger partial charge in [0.1, 0.15) is 23.1 Å². The number of para-hydroxylation sites is 10. The topological polar surface area (TPSA) is 92.8 Å². The number of pyridine rings is 2. The van der Waals surface area contributed by atoms with E-state index in [2.05, 4.69) is 301 Å². The van der Waals surface area contributed by atoms with Crippen LogP contribution in [0.3, 0.4) is 0 Å². The molecule has 15 aromatic rings. The third-order valence-electron chi connectivity index (χ3n) is 18.2. The Hall–Kier alpha value is -12.0. The molecule has 454 valence electrons. The zero-order chi connectivity index (χ0) is 63.3. The Kier molecular flexibility index (Phi) is 13.4. The molecule has 0 N–H and O–H groups in total. The smallest absolute Gasteiger partial charge is 0.152 e. The molecule has 0 atom stereocenters. The number of hydrogen-bond donors (Lipinski definition) is 0. The highest BCUT2D eigenvalue weighted by molar-refractivity contribution is 6.11. The second kappa shape index (κ2) is 22.4. The van der Waals surface area contributed by atoms with Crippen LogP contribution in [0.5, 0.6) is 23.0 Å². The molecule has 0 spiro atoms. The summed E-state index contributed by atoms with van der Waals surface area (Å²) < 4.78 is 19.1. The molecular formula is C82H64N10O2. The average molecular weight is 1220 g/mol. The molecule has 0 amide bonds. The van der Waals surface area contributed by atoms with E-state index in [9.17, 15) is 0 Å². The number of rotatable bonds is 12. The van der Waals surface area contributed by atoms with Crippen LogP contribution in [0, 0.1) is 13.8 Å². The molecule has 0 saturated heterocycles. The third kappa shape index (κ3) is 9.27. The van der Waals surface area contributed by atoms with E-state index in [1.807, 2.05) is 36.9 Å². The van der Waals surface area contributed by atoms with Crippen LogP contribution in [0.25, 0.3) is 77.8 Å². The fourth-order valence-corrected chi connectivity index (χ4v) is 14.1. The van der Waals surface area contributed by atoms with Gasteiger partial charge in [-0.2, -0.15) is 0 Å². The van der Waals surface area contributed by atoms with E-state index in [0.29, 0.717) is 34.4 Å². The van der Waals surface area contributed by atoms with Crippen LogP contribution in [0.2, 0.25) is 0 Å². The monoisotopic (exact) mass is 1220 g/mol. The molecule has 12 heteroatoms. The zero-order valence-electron chi connectivity index (χ0n) is 52.8. The van der Waals surface area contributed by atoms with Crippen LogP contribution in [0.1, 0.15) is 38.8 Å². The minimum Gasteiger partial charge on any atom is -0.455 e. The average Bonchev–Trinajstić information content (AvgIpc) is 1.12. The summed E-state index contributed by atoms with van der Waals surface area (Å²) in [6.45, 7) is 13.2. The molecule has 0 saturated carbocycles. The molecular weight excluding hydrogens is 1160 g/mol. The van der Waals surface area contributed by atoms with Crippen molar-refractivity contribution in [2.75, 3.05) is 19.6 Å². The van der Waals surface area contributed by atoms with Gasteiger partial charge in [-0.1, -0.05) is 97.1 Å². The largest absolute Gasteiger partial charge is 0.455 e. The van der Waals surface area contributed by atoms with E-state index >= 15 is 0 Å². The Morgan fingerprint density at radius 1 is 0.309 bits per heavy atom. The van der Waals surface area contributed by atoms with Crippen LogP contribution in [0.4, 0.5) is 56.9 Å². The van der Waals surface area contributed by atoms with E-state index in [-0.39, 0.29) is 12.1 Å². The van der Waals surface area contributed by atoms with Gasteiger partial charge in [-0.3, -0.25) is 19.1 Å². The minimum atomic E-state index is 0.195. The molecule has 10 aromatic carbocycles. The first-order chi connectivity index (χ1) is 46.1. The molecule has 0 fully saturated rings. The lowest BCUT2D eigenvalue weighted by Gasteiger charge is -2.42. The summed E-state index contributed by atoms with van der Waals surface area (Å²) in [6, 6.07) is 85.6. The van der Waals surface area contributed by atoms with E-state index in [1.54, 1.807) is 0 Å². The van der Waals surface area contributed by atoms with Crippen molar-refractivity contribution in [3.8, 4) is 57.1 Å². The van der Waals surface area contributed by atoms with Gasteiger partial charge in [-0.15, -0.1) is 0 Å². The van der Waals surface area contributed by atoms with E-state index in [1.165, 1.54) is 0 Å². The van der Waals surface area contributed by atoms with Gasteiger partial charge >= 0.3 is 0 Å². The third-order valence-corrected chi connectivity index (χ3v) is 18.2. The number of hydrogen-bond acceptors (Lipinski definition) is 10. The summed E-state index contributed by atoms with van der Waals surface area (Å²) in [5.41, 5.74) is 19.7. The SMILES string of the molecule is Cc1ccnc(-n2c3ccccc3c3ccc(Oc4cc(-c5cnc(-c6ccc(N7c8ccccc8N(C(C)C)c8ccccc87)c(Oc7ccc8c9ccccc9n(-c9cc(C)ccn9)c8c7)c6)cn5)ccc4N4c5ccccc5N(C(C)C)c5ccccc54)cc32)c1. The number of fused-ring (bicyclic) bond motifs is 10. The van der Waals surface area contributed by atoms with Gasteiger partial charge in [0.2, 0.25) is 0 Å². The fraction of sp³-hybridized carbons (Fsp3) is 0.0976. The maximum atomic E-state index is 7.34. The van der Waals surface area contributed by atoms with Crippen molar-refractivity contribution < 1.29 is 9.47 Å².